The van der Waals surface area contributed by atoms with Crippen molar-refractivity contribution in [2.24, 2.45) is 5.41 Å². The highest BCUT2D eigenvalue weighted by atomic mass is 32.1. The molecule has 0 radical (unpaired) electrons. The van der Waals surface area contributed by atoms with Gasteiger partial charge in [0.2, 0.25) is 10.1 Å². The van der Waals surface area contributed by atoms with Gasteiger partial charge in [0.25, 0.3) is 0 Å². The topological polar surface area (TPSA) is 62.5 Å². The number of hydrogen-bond donors (Lipinski definition) is 2. The first-order valence-corrected chi connectivity index (χ1v) is 8.66. The van der Waals surface area contributed by atoms with Crippen LogP contribution in [-0.2, 0) is 0 Å². The molecule has 2 fully saturated rings. The molecule has 0 bridgehead atoms. The molecule has 0 aliphatic heterocycles. The van der Waals surface area contributed by atoms with E-state index in [1.807, 2.05) is 4.52 Å². The summed E-state index contributed by atoms with van der Waals surface area (Å²) in [4.78, 5) is 5.72. The second-order valence-electron chi connectivity index (χ2n) is 7.05. The van der Waals surface area contributed by atoms with E-state index in [-0.39, 0.29) is 17.6 Å². The number of imidazole rings is 1. The summed E-state index contributed by atoms with van der Waals surface area (Å²) in [7, 11) is 0. The van der Waals surface area contributed by atoms with Gasteiger partial charge in [-0.15, -0.1) is 5.10 Å². The Morgan fingerprint density at radius 2 is 2.14 bits per heavy atom. The number of aromatic nitrogens is 3. The number of rotatable bonds is 3. The first-order valence-electron chi connectivity index (χ1n) is 7.85. The molecule has 114 valence electrons. The van der Waals surface area contributed by atoms with Crippen molar-refractivity contribution in [3.05, 3.63) is 11.9 Å². The lowest BCUT2D eigenvalue weighted by atomic mass is 9.65. The third-order valence-corrected chi connectivity index (χ3v) is 6.20. The molecular weight excluding hydrogens is 284 g/mol. The maximum atomic E-state index is 9.81. The van der Waals surface area contributed by atoms with E-state index in [2.05, 4.69) is 30.5 Å². The zero-order chi connectivity index (χ0) is 14.6. The standard InChI is InChI=1S/C15H22N4OS/c1-15(2)11(7-12(15)20)17-13-18-19-8-10(16-14(19)21-13)9-5-3-4-6-9/h8-9,11-12,20H,3-7H2,1-2H3,(H,17,18). The van der Waals surface area contributed by atoms with Crippen molar-refractivity contribution in [3.8, 4) is 0 Å². The van der Waals surface area contributed by atoms with E-state index in [4.69, 9.17) is 4.98 Å². The predicted octanol–water partition coefficient (Wildman–Crippen LogP) is 3.02. The summed E-state index contributed by atoms with van der Waals surface area (Å²) in [5.41, 5.74) is 1.13. The van der Waals surface area contributed by atoms with Crippen LogP contribution in [0.3, 0.4) is 0 Å². The van der Waals surface area contributed by atoms with Crippen LogP contribution in [0.1, 0.15) is 57.6 Å². The van der Waals surface area contributed by atoms with Crippen molar-refractivity contribution in [1.82, 2.24) is 14.6 Å². The van der Waals surface area contributed by atoms with Crippen LogP contribution >= 0.6 is 11.3 Å². The molecule has 2 aliphatic carbocycles. The highest BCUT2D eigenvalue weighted by molar-refractivity contribution is 7.20. The number of aliphatic hydroxyl groups excluding tert-OH is 1. The molecule has 2 atom stereocenters. The van der Waals surface area contributed by atoms with Crippen molar-refractivity contribution in [3.63, 3.8) is 0 Å². The average molecular weight is 306 g/mol. The maximum absolute atomic E-state index is 9.81. The number of hydrogen-bond acceptors (Lipinski definition) is 5. The van der Waals surface area contributed by atoms with Crippen molar-refractivity contribution in [2.45, 2.75) is 64.0 Å². The van der Waals surface area contributed by atoms with Crippen LogP contribution in [0.5, 0.6) is 0 Å². The minimum atomic E-state index is -0.215. The number of fused-ring (bicyclic) bond motifs is 1. The lowest BCUT2D eigenvalue weighted by molar-refractivity contribution is -0.0510. The molecule has 0 amide bonds. The normalized spacial score (nSPS) is 28.9. The summed E-state index contributed by atoms with van der Waals surface area (Å²) in [6.07, 6.45) is 7.86. The Balaban J connectivity index is 1.51. The smallest absolute Gasteiger partial charge is 0.214 e. The van der Waals surface area contributed by atoms with Gasteiger partial charge in [-0.05, 0) is 19.3 Å². The van der Waals surface area contributed by atoms with Crippen molar-refractivity contribution in [2.75, 3.05) is 5.32 Å². The Morgan fingerprint density at radius 1 is 1.38 bits per heavy atom. The van der Waals surface area contributed by atoms with E-state index in [1.54, 1.807) is 11.3 Å². The fourth-order valence-electron chi connectivity index (χ4n) is 3.49. The molecule has 2 saturated carbocycles. The van der Waals surface area contributed by atoms with E-state index in [0.29, 0.717) is 5.92 Å². The van der Waals surface area contributed by atoms with E-state index >= 15 is 0 Å². The molecule has 2 N–H and O–H groups in total. The molecule has 0 aromatic carbocycles. The molecule has 2 heterocycles. The van der Waals surface area contributed by atoms with Crippen LogP contribution in [0, 0.1) is 5.41 Å². The molecule has 2 aliphatic rings. The summed E-state index contributed by atoms with van der Waals surface area (Å²) < 4.78 is 1.91. The van der Waals surface area contributed by atoms with Crippen molar-refractivity contribution in [1.29, 1.82) is 0 Å². The molecule has 0 saturated heterocycles. The molecule has 5 nitrogen and oxygen atoms in total. The Labute approximate surface area is 128 Å². The largest absolute Gasteiger partial charge is 0.392 e. The molecule has 21 heavy (non-hydrogen) atoms. The van der Waals surface area contributed by atoms with Crippen LogP contribution < -0.4 is 5.32 Å². The monoisotopic (exact) mass is 306 g/mol. The summed E-state index contributed by atoms with van der Waals surface area (Å²) in [6, 6.07) is 0.289. The van der Waals surface area contributed by atoms with Gasteiger partial charge in [0.15, 0.2) is 0 Å². The first kappa shape index (κ1) is 13.5. The van der Waals surface area contributed by atoms with Gasteiger partial charge in [-0.3, -0.25) is 0 Å². The summed E-state index contributed by atoms with van der Waals surface area (Å²) in [5.74, 6) is 0.635. The van der Waals surface area contributed by atoms with Crippen molar-refractivity contribution < 1.29 is 5.11 Å². The quantitative estimate of drug-likeness (QED) is 0.915. The maximum Gasteiger partial charge on any atom is 0.214 e. The lowest BCUT2D eigenvalue weighted by Gasteiger charge is -2.49. The van der Waals surface area contributed by atoms with E-state index in [9.17, 15) is 5.11 Å². The second kappa shape index (κ2) is 4.68. The van der Waals surface area contributed by atoms with Crippen molar-refractivity contribution >= 4 is 21.4 Å². The molecular formula is C15H22N4OS. The van der Waals surface area contributed by atoms with Crippen LogP contribution in [-0.4, -0.2) is 31.9 Å². The van der Waals surface area contributed by atoms with Gasteiger partial charge in [-0.2, -0.15) is 0 Å². The van der Waals surface area contributed by atoms with Crippen LogP contribution in [0.25, 0.3) is 4.96 Å². The molecule has 6 heteroatoms. The van der Waals surface area contributed by atoms with Gasteiger partial charge in [0, 0.05) is 17.4 Å². The molecule has 4 rings (SSSR count). The van der Waals surface area contributed by atoms with Gasteiger partial charge in [-0.1, -0.05) is 38.0 Å². The number of anilines is 1. The van der Waals surface area contributed by atoms with Crippen LogP contribution in [0.4, 0.5) is 5.13 Å². The fourth-order valence-corrected chi connectivity index (χ4v) is 4.33. The summed E-state index contributed by atoms with van der Waals surface area (Å²) >= 11 is 1.60. The van der Waals surface area contributed by atoms with E-state index in [1.165, 1.54) is 31.4 Å². The van der Waals surface area contributed by atoms with E-state index in [0.717, 1.165) is 16.5 Å². The van der Waals surface area contributed by atoms with Crippen LogP contribution in [0.15, 0.2) is 6.20 Å². The Hall–Kier alpha value is -1.14. The predicted molar refractivity (Wildman–Crippen MR) is 83.9 cm³/mol. The summed E-state index contributed by atoms with van der Waals surface area (Å²) in [5, 5.41) is 18.8. The third-order valence-electron chi connectivity index (χ3n) is 5.35. The molecule has 0 spiro atoms. The Morgan fingerprint density at radius 3 is 2.76 bits per heavy atom. The average Bonchev–Trinajstić information content (AvgIpc) is 3.12. The van der Waals surface area contributed by atoms with Gasteiger partial charge in [0.05, 0.1) is 18.0 Å². The highest BCUT2D eigenvalue weighted by Gasteiger charge is 2.47. The third kappa shape index (κ3) is 2.16. The zero-order valence-corrected chi connectivity index (χ0v) is 13.4. The lowest BCUT2D eigenvalue weighted by Crippen LogP contribution is -2.56. The van der Waals surface area contributed by atoms with E-state index < -0.39 is 0 Å². The highest BCUT2D eigenvalue weighted by Crippen LogP contribution is 2.42. The minimum absolute atomic E-state index is 0.0806. The molecule has 2 aromatic heterocycles. The SMILES string of the molecule is CC1(C)C(O)CC1Nc1nn2cc(C3CCCC3)nc2s1. The van der Waals surface area contributed by atoms with Gasteiger partial charge in [-0.25, -0.2) is 9.50 Å². The van der Waals surface area contributed by atoms with Gasteiger partial charge in [0.1, 0.15) is 0 Å². The number of nitrogens with one attached hydrogen (secondary N) is 1. The molecule has 2 aromatic rings. The number of aliphatic hydroxyl groups is 1. The number of nitrogens with zero attached hydrogens (tertiary/aromatic N) is 3. The second-order valence-corrected chi connectivity index (χ2v) is 8.01. The first-order chi connectivity index (χ1) is 10.0. The van der Waals surface area contributed by atoms with Crippen LogP contribution in [0.2, 0.25) is 0 Å². The summed E-state index contributed by atoms with van der Waals surface area (Å²) in [6.45, 7) is 4.19. The Kier molecular flexibility index (Phi) is 3.01. The van der Waals surface area contributed by atoms with Gasteiger partial charge < -0.3 is 10.4 Å². The molecule has 2 unspecified atom stereocenters. The fraction of sp³-hybridized carbons (Fsp3) is 0.733. The minimum Gasteiger partial charge on any atom is -0.392 e. The van der Waals surface area contributed by atoms with Gasteiger partial charge >= 0.3 is 0 Å². The zero-order valence-electron chi connectivity index (χ0n) is 12.5. The Bertz CT molecular complexity index is 624.